The molecule has 1 saturated carbocycles. The van der Waals surface area contributed by atoms with E-state index < -0.39 is 0 Å². The van der Waals surface area contributed by atoms with E-state index in [1.54, 1.807) is 0 Å². The van der Waals surface area contributed by atoms with Gasteiger partial charge in [0.25, 0.3) is 0 Å². The molecule has 1 saturated heterocycles. The second kappa shape index (κ2) is 11.6. The fraction of sp³-hybridized carbons (Fsp3) is 0.500. The Morgan fingerprint density at radius 2 is 1.76 bits per heavy atom. The van der Waals surface area contributed by atoms with Crippen LogP contribution in [0.5, 0.6) is 0 Å². The van der Waals surface area contributed by atoms with Crippen molar-refractivity contribution in [2.75, 3.05) is 13.1 Å². The number of rotatable bonds is 8. The number of para-hydroxylation sites is 1. The van der Waals surface area contributed by atoms with Crippen molar-refractivity contribution in [3.05, 3.63) is 71.4 Å². The number of halogens is 1. The first kappa shape index (κ1) is 25.0. The molecule has 0 spiro atoms. The summed E-state index contributed by atoms with van der Waals surface area (Å²) in [5.41, 5.74) is 5.19. The molecule has 0 amide bonds. The molecule has 2 fully saturated rings. The van der Waals surface area contributed by atoms with Crippen molar-refractivity contribution in [1.29, 1.82) is 0 Å². The Labute approximate surface area is 210 Å². The van der Waals surface area contributed by atoms with Crippen LogP contribution in [-0.2, 0) is 11.3 Å². The molecule has 34 heavy (non-hydrogen) atoms. The number of benzene rings is 2. The summed E-state index contributed by atoms with van der Waals surface area (Å²) in [5, 5.41) is 4.74. The van der Waals surface area contributed by atoms with E-state index in [1.807, 2.05) is 0 Å². The van der Waals surface area contributed by atoms with Crippen molar-refractivity contribution in [2.24, 2.45) is 11.8 Å². The van der Waals surface area contributed by atoms with E-state index >= 15 is 0 Å². The standard InChI is InChI=1S/C30H38N2O.ClH/c1-22-7-6-10-25(17-22)28(19-26(33)18-23-13-15-31-16-14-23)29-21-32(20-24-8-2-3-9-24)30-12-5-4-11-27(29)30;/h4-7,10-12,17,21,23-24,28,31H,2-3,8-9,13-16,18-20H2,1H3;1H. The second-order valence-electron chi connectivity index (χ2n) is 10.5. The number of Topliss-reactive ketones (excluding diaryl/α,β-unsaturated/α-hetero) is 1. The molecule has 2 aromatic carbocycles. The first-order chi connectivity index (χ1) is 16.2. The Balaban J connectivity index is 0.00000274. The number of piperidine rings is 1. The van der Waals surface area contributed by atoms with Gasteiger partial charge in [-0.25, -0.2) is 0 Å². The van der Waals surface area contributed by atoms with E-state index in [1.165, 1.54) is 53.3 Å². The molecule has 182 valence electrons. The third-order valence-electron chi connectivity index (χ3n) is 7.98. The summed E-state index contributed by atoms with van der Waals surface area (Å²) in [6, 6.07) is 17.6. The third kappa shape index (κ3) is 5.75. The average Bonchev–Trinajstić information content (AvgIpc) is 3.47. The number of carbonyl (C=O) groups is 1. The normalized spacial score (nSPS) is 18.1. The highest BCUT2D eigenvalue weighted by molar-refractivity contribution is 5.87. The van der Waals surface area contributed by atoms with E-state index in [-0.39, 0.29) is 18.3 Å². The SMILES string of the molecule is Cc1cccc(C(CC(=O)CC2CCNCC2)c2cn(CC3CCCC3)c3ccccc23)c1.Cl. The van der Waals surface area contributed by atoms with Crippen LogP contribution in [0.3, 0.4) is 0 Å². The largest absolute Gasteiger partial charge is 0.347 e. The van der Waals surface area contributed by atoms with Crippen molar-refractivity contribution < 1.29 is 4.79 Å². The van der Waals surface area contributed by atoms with Crippen LogP contribution in [0.2, 0.25) is 0 Å². The Morgan fingerprint density at radius 1 is 1.00 bits per heavy atom. The van der Waals surface area contributed by atoms with Crippen LogP contribution in [0.15, 0.2) is 54.7 Å². The summed E-state index contributed by atoms with van der Waals surface area (Å²) in [4.78, 5) is 13.3. The molecule has 3 aromatic rings. The predicted octanol–water partition coefficient (Wildman–Crippen LogP) is 7.04. The topological polar surface area (TPSA) is 34.0 Å². The highest BCUT2D eigenvalue weighted by Gasteiger charge is 2.26. The van der Waals surface area contributed by atoms with Crippen LogP contribution < -0.4 is 5.32 Å². The number of aryl methyl sites for hydroxylation is 1. The first-order valence-corrected chi connectivity index (χ1v) is 13.0. The molecule has 1 N–H and O–H groups in total. The van der Waals surface area contributed by atoms with Crippen LogP contribution in [0, 0.1) is 18.8 Å². The van der Waals surface area contributed by atoms with E-state index in [0.717, 1.165) is 44.8 Å². The van der Waals surface area contributed by atoms with Crippen LogP contribution in [-0.4, -0.2) is 23.4 Å². The monoisotopic (exact) mass is 478 g/mol. The van der Waals surface area contributed by atoms with Gasteiger partial charge >= 0.3 is 0 Å². The summed E-state index contributed by atoms with van der Waals surface area (Å²) in [6.07, 6.45) is 11.4. The maximum atomic E-state index is 13.3. The van der Waals surface area contributed by atoms with Gasteiger partial charge in [0, 0.05) is 42.4 Å². The molecule has 5 rings (SSSR count). The van der Waals surface area contributed by atoms with Gasteiger partial charge in [0.05, 0.1) is 0 Å². The number of carbonyl (C=O) groups excluding carboxylic acids is 1. The minimum absolute atomic E-state index is 0. The van der Waals surface area contributed by atoms with Gasteiger partial charge in [-0.1, -0.05) is 60.9 Å². The molecule has 3 nitrogen and oxygen atoms in total. The zero-order valence-electron chi connectivity index (χ0n) is 20.5. The Bertz CT molecular complexity index is 1090. The number of hydrogen-bond donors (Lipinski definition) is 1. The average molecular weight is 479 g/mol. The molecule has 1 aliphatic heterocycles. The highest BCUT2D eigenvalue weighted by atomic mass is 35.5. The lowest BCUT2D eigenvalue weighted by molar-refractivity contribution is -0.120. The second-order valence-corrected chi connectivity index (χ2v) is 10.5. The van der Waals surface area contributed by atoms with Crippen molar-refractivity contribution in [3.63, 3.8) is 0 Å². The van der Waals surface area contributed by atoms with Crippen LogP contribution in [0.25, 0.3) is 10.9 Å². The van der Waals surface area contributed by atoms with Gasteiger partial charge in [0.2, 0.25) is 0 Å². The fourth-order valence-electron chi connectivity index (χ4n) is 6.19. The van der Waals surface area contributed by atoms with E-state index in [0.29, 0.717) is 18.1 Å². The minimum Gasteiger partial charge on any atom is -0.347 e. The van der Waals surface area contributed by atoms with Crippen LogP contribution >= 0.6 is 12.4 Å². The van der Waals surface area contributed by atoms with Gasteiger partial charge in [0.1, 0.15) is 5.78 Å². The van der Waals surface area contributed by atoms with E-state index in [4.69, 9.17) is 0 Å². The van der Waals surface area contributed by atoms with Gasteiger partial charge in [-0.3, -0.25) is 4.79 Å². The number of hydrogen-bond acceptors (Lipinski definition) is 2. The molecule has 4 heteroatoms. The van der Waals surface area contributed by atoms with Crippen molar-refractivity contribution >= 4 is 29.1 Å². The van der Waals surface area contributed by atoms with Crippen molar-refractivity contribution in [1.82, 2.24) is 9.88 Å². The summed E-state index contributed by atoms with van der Waals surface area (Å²) < 4.78 is 2.49. The molecule has 0 radical (unpaired) electrons. The Morgan fingerprint density at radius 3 is 2.53 bits per heavy atom. The quantitative estimate of drug-likeness (QED) is 0.376. The van der Waals surface area contributed by atoms with E-state index in [2.05, 4.69) is 71.5 Å². The van der Waals surface area contributed by atoms with Gasteiger partial charge in [-0.2, -0.15) is 0 Å². The number of ketones is 1. The maximum Gasteiger partial charge on any atom is 0.134 e. The zero-order chi connectivity index (χ0) is 22.6. The lowest BCUT2D eigenvalue weighted by atomic mass is 9.83. The molecule has 1 aliphatic carbocycles. The molecule has 1 unspecified atom stereocenters. The lowest BCUT2D eigenvalue weighted by Crippen LogP contribution is -2.29. The van der Waals surface area contributed by atoms with Gasteiger partial charge in [0.15, 0.2) is 0 Å². The van der Waals surface area contributed by atoms with Gasteiger partial charge < -0.3 is 9.88 Å². The third-order valence-corrected chi connectivity index (χ3v) is 7.98. The predicted molar refractivity (Wildman–Crippen MR) is 144 cm³/mol. The molecular formula is C30H39ClN2O. The Kier molecular flexibility index (Phi) is 8.50. The summed E-state index contributed by atoms with van der Waals surface area (Å²) in [7, 11) is 0. The molecular weight excluding hydrogens is 440 g/mol. The lowest BCUT2D eigenvalue weighted by Gasteiger charge is -2.23. The zero-order valence-corrected chi connectivity index (χ0v) is 21.3. The molecule has 0 bridgehead atoms. The number of aromatic nitrogens is 1. The van der Waals surface area contributed by atoms with E-state index in [9.17, 15) is 4.79 Å². The van der Waals surface area contributed by atoms with Gasteiger partial charge in [-0.05, 0) is 74.7 Å². The van der Waals surface area contributed by atoms with Crippen molar-refractivity contribution in [2.45, 2.75) is 70.8 Å². The molecule has 2 heterocycles. The summed E-state index contributed by atoms with van der Waals surface area (Å²) >= 11 is 0. The maximum absolute atomic E-state index is 13.3. The molecule has 1 atom stereocenters. The summed E-state index contributed by atoms with van der Waals surface area (Å²) in [5.74, 6) is 1.86. The molecule has 2 aliphatic rings. The number of fused-ring (bicyclic) bond motifs is 1. The highest BCUT2D eigenvalue weighted by Crippen LogP contribution is 2.37. The van der Waals surface area contributed by atoms with Crippen molar-refractivity contribution in [3.8, 4) is 0 Å². The number of nitrogens with one attached hydrogen (secondary N) is 1. The molecule has 1 aromatic heterocycles. The minimum atomic E-state index is 0. The summed E-state index contributed by atoms with van der Waals surface area (Å²) in [6.45, 7) is 5.35. The Hall–Kier alpha value is -2.10. The fourth-order valence-corrected chi connectivity index (χ4v) is 6.19. The number of nitrogens with zero attached hydrogens (tertiary/aromatic N) is 1. The van der Waals surface area contributed by atoms with Crippen LogP contribution in [0.4, 0.5) is 0 Å². The van der Waals surface area contributed by atoms with Gasteiger partial charge in [-0.15, -0.1) is 12.4 Å². The smallest absolute Gasteiger partial charge is 0.134 e. The van der Waals surface area contributed by atoms with Crippen LogP contribution in [0.1, 0.15) is 74.0 Å². The first-order valence-electron chi connectivity index (χ1n) is 13.0.